The summed E-state index contributed by atoms with van der Waals surface area (Å²) in [4.78, 5) is 23.7. The van der Waals surface area contributed by atoms with Crippen LogP contribution in [0.1, 0.15) is 20.3 Å². The zero-order chi connectivity index (χ0) is 11.1. The van der Waals surface area contributed by atoms with Crippen molar-refractivity contribution >= 4 is 11.9 Å². The first-order valence-corrected chi connectivity index (χ1v) is 4.57. The van der Waals surface area contributed by atoms with Crippen LogP contribution in [0.4, 0.5) is 0 Å². The van der Waals surface area contributed by atoms with Gasteiger partial charge in [0.1, 0.15) is 6.04 Å². The first-order chi connectivity index (χ1) is 6.54. The molecule has 0 aliphatic carbocycles. The van der Waals surface area contributed by atoms with E-state index in [1.54, 1.807) is 13.8 Å². The third-order valence-corrected chi connectivity index (χ3v) is 1.93. The van der Waals surface area contributed by atoms with Crippen LogP contribution in [0.5, 0.6) is 0 Å². The lowest BCUT2D eigenvalue weighted by Crippen LogP contribution is -2.41. The Morgan fingerprint density at radius 1 is 1.50 bits per heavy atom. The van der Waals surface area contributed by atoms with Gasteiger partial charge in [0.2, 0.25) is 5.91 Å². The summed E-state index contributed by atoms with van der Waals surface area (Å²) in [6.07, 6.45) is 0.0280. The molecule has 0 unspecified atom stereocenters. The monoisotopic (exact) mass is 203 g/mol. The van der Waals surface area contributed by atoms with E-state index < -0.39 is 12.0 Å². The molecule has 0 heterocycles. The molecule has 0 fully saturated rings. The Hall–Kier alpha value is -1.10. The Bertz CT molecular complexity index is 183. The first-order valence-electron chi connectivity index (χ1n) is 4.57. The molecule has 82 valence electrons. The normalized spacial score (nSPS) is 12.0. The maximum atomic E-state index is 11.3. The minimum Gasteiger partial charge on any atom is -0.464 e. The average molecular weight is 203 g/mol. The maximum absolute atomic E-state index is 11.3. The quantitative estimate of drug-likeness (QED) is 0.627. The van der Waals surface area contributed by atoms with Crippen LogP contribution in [0.15, 0.2) is 0 Å². The van der Waals surface area contributed by atoms with Gasteiger partial charge < -0.3 is 14.7 Å². The molecule has 1 amide bonds. The molecule has 0 aromatic heterocycles. The van der Waals surface area contributed by atoms with E-state index in [0.717, 1.165) is 0 Å². The lowest BCUT2D eigenvalue weighted by atomic mass is 10.2. The van der Waals surface area contributed by atoms with Crippen molar-refractivity contribution in [1.29, 1.82) is 0 Å². The number of aliphatic hydroxyl groups is 1. The molecule has 0 aliphatic rings. The van der Waals surface area contributed by atoms with Crippen molar-refractivity contribution in [1.82, 2.24) is 4.90 Å². The highest BCUT2D eigenvalue weighted by molar-refractivity contribution is 5.84. The minimum atomic E-state index is -0.603. The Labute approximate surface area is 83.6 Å². The number of hydrogen-bond donors (Lipinski definition) is 1. The van der Waals surface area contributed by atoms with Crippen molar-refractivity contribution in [2.24, 2.45) is 0 Å². The van der Waals surface area contributed by atoms with Crippen molar-refractivity contribution in [3.05, 3.63) is 0 Å². The molecule has 0 saturated heterocycles. The predicted octanol–water partition coefficient (Wildman–Crippen LogP) is -0.221. The summed E-state index contributed by atoms with van der Waals surface area (Å²) in [6, 6.07) is -0.603. The molecular formula is C9H17NO4. The van der Waals surface area contributed by atoms with Crippen LogP contribution >= 0.6 is 0 Å². The van der Waals surface area contributed by atoms with E-state index in [0.29, 0.717) is 6.61 Å². The van der Waals surface area contributed by atoms with Crippen LogP contribution < -0.4 is 0 Å². The van der Waals surface area contributed by atoms with E-state index in [1.165, 1.54) is 11.9 Å². The minimum absolute atomic E-state index is 0.0280. The van der Waals surface area contributed by atoms with Gasteiger partial charge in [-0.05, 0) is 13.8 Å². The average Bonchev–Trinajstić information content (AvgIpc) is 2.16. The fourth-order valence-electron chi connectivity index (χ4n) is 0.909. The van der Waals surface area contributed by atoms with Gasteiger partial charge in [0.15, 0.2) is 0 Å². The van der Waals surface area contributed by atoms with Gasteiger partial charge in [-0.1, -0.05) is 0 Å². The second kappa shape index (κ2) is 6.37. The van der Waals surface area contributed by atoms with Gasteiger partial charge in [0.05, 0.1) is 13.2 Å². The highest BCUT2D eigenvalue weighted by Crippen LogP contribution is 2.01. The van der Waals surface area contributed by atoms with Crippen LogP contribution in [-0.2, 0) is 14.3 Å². The second-order valence-electron chi connectivity index (χ2n) is 2.91. The summed E-state index contributed by atoms with van der Waals surface area (Å²) in [6.45, 7) is 3.39. The lowest BCUT2D eigenvalue weighted by Gasteiger charge is -2.22. The largest absolute Gasteiger partial charge is 0.464 e. The number of nitrogens with zero attached hydrogens (tertiary/aromatic N) is 1. The van der Waals surface area contributed by atoms with E-state index in [2.05, 4.69) is 0 Å². The van der Waals surface area contributed by atoms with Gasteiger partial charge >= 0.3 is 5.97 Å². The van der Waals surface area contributed by atoms with Crippen molar-refractivity contribution in [3.8, 4) is 0 Å². The smallest absolute Gasteiger partial charge is 0.328 e. The molecule has 1 N–H and O–H groups in total. The molecule has 0 rings (SSSR count). The third-order valence-electron chi connectivity index (χ3n) is 1.93. The van der Waals surface area contributed by atoms with E-state index in [-0.39, 0.29) is 18.9 Å². The van der Waals surface area contributed by atoms with Crippen molar-refractivity contribution < 1.29 is 19.4 Å². The number of likely N-dealkylation sites (N-methyl/N-ethyl adjacent to an activating group) is 1. The number of carbonyl (C=O) groups excluding carboxylic acids is 2. The molecule has 0 bridgehead atoms. The van der Waals surface area contributed by atoms with E-state index >= 15 is 0 Å². The number of carbonyl (C=O) groups is 2. The number of hydrogen-bond acceptors (Lipinski definition) is 4. The number of esters is 1. The topological polar surface area (TPSA) is 66.8 Å². The number of amides is 1. The van der Waals surface area contributed by atoms with Crippen LogP contribution in [0.2, 0.25) is 0 Å². The van der Waals surface area contributed by atoms with Gasteiger partial charge in [0.25, 0.3) is 0 Å². The second-order valence-corrected chi connectivity index (χ2v) is 2.91. The standard InChI is InChI=1S/C9H17NO4/c1-4-14-9(13)7(2)10(3)8(12)5-6-11/h7,11H,4-6H2,1-3H3/t7-/m1/s1. The molecule has 0 aromatic carbocycles. The summed E-state index contributed by atoms with van der Waals surface area (Å²) in [5.74, 6) is -0.700. The summed E-state index contributed by atoms with van der Waals surface area (Å²) in [7, 11) is 1.51. The fourth-order valence-corrected chi connectivity index (χ4v) is 0.909. The number of aliphatic hydroxyl groups excluding tert-OH is 1. The van der Waals surface area contributed by atoms with Crippen molar-refractivity contribution in [2.75, 3.05) is 20.3 Å². The zero-order valence-corrected chi connectivity index (χ0v) is 8.82. The van der Waals surface area contributed by atoms with Crippen molar-refractivity contribution in [2.45, 2.75) is 26.3 Å². The van der Waals surface area contributed by atoms with Crippen LogP contribution in [0.25, 0.3) is 0 Å². The highest BCUT2D eigenvalue weighted by atomic mass is 16.5. The molecule has 0 aliphatic heterocycles. The van der Waals surface area contributed by atoms with Gasteiger partial charge in [-0.2, -0.15) is 0 Å². The molecular weight excluding hydrogens is 186 g/mol. The van der Waals surface area contributed by atoms with E-state index in [1.807, 2.05) is 0 Å². The summed E-state index contributed by atoms with van der Waals surface area (Å²) >= 11 is 0. The van der Waals surface area contributed by atoms with Gasteiger partial charge in [0, 0.05) is 13.5 Å². The fraction of sp³-hybridized carbons (Fsp3) is 0.778. The molecule has 5 heteroatoms. The Morgan fingerprint density at radius 2 is 2.07 bits per heavy atom. The molecule has 0 aromatic rings. The first kappa shape index (κ1) is 12.9. The van der Waals surface area contributed by atoms with E-state index in [4.69, 9.17) is 9.84 Å². The molecule has 0 saturated carbocycles. The molecule has 14 heavy (non-hydrogen) atoms. The Kier molecular flexibility index (Phi) is 5.87. The van der Waals surface area contributed by atoms with Crippen LogP contribution in [0, 0.1) is 0 Å². The van der Waals surface area contributed by atoms with E-state index in [9.17, 15) is 9.59 Å². The molecule has 0 radical (unpaired) electrons. The SMILES string of the molecule is CCOC(=O)[C@@H](C)N(C)C(=O)CCO. The van der Waals surface area contributed by atoms with Gasteiger partial charge in [-0.25, -0.2) is 4.79 Å². The Balaban J connectivity index is 4.16. The highest BCUT2D eigenvalue weighted by Gasteiger charge is 2.22. The van der Waals surface area contributed by atoms with Gasteiger partial charge in [-0.3, -0.25) is 4.79 Å². The number of rotatable bonds is 5. The lowest BCUT2D eigenvalue weighted by molar-refractivity contribution is -0.153. The molecule has 0 spiro atoms. The summed E-state index contributed by atoms with van der Waals surface area (Å²) in [5, 5.41) is 8.55. The summed E-state index contributed by atoms with van der Waals surface area (Å²) in [5.41, 5.74) is 0. The predicted molar refractivity (Wildman–Crippen MR) is 50.6 cm³/mol. The third kappa shape index (κ3) is 3.74. The van der Waals surface area contributed by atoms with Crippen LogP contribution in [-0.4, -0.2) is 48.2 Å². The zero-order valence-electron chi connectivity index (χ0n) is 8.82. The van der Waals surface area contributed by atoms with Crippen molar-refractivity contribution in [3.63, 3.8) is 0 Å². The Morgan fingerprint density at radius 3 is 2.50 bits per heavy atom. The summed E-state index contributed by atoms with van der Waals surface area (Å²) < 4.78 is 4.76. The molecule has 5 nitrogen and oxygen atoms in total. The maximum Gasteiger partial charge on any atom is 0.328 e. The number of ether oxygens (including phenoxy) is 1. The molecule has 1 atom stereocenters. The van der Waals surface area contributed by atoms with Gasteiger partial charge in [-0.15, -0.1) is 0 Å². The van der Waals surface area contributed by atoms with Crippen LogP contribution in [0.3, 0.4) is 0 Å².